The van der Waals surface area contributed by atoms with Crippen LogP contribution < -0.4 is 10.1 Å². The SMILES string of the molecule is CCOc1ccc(S(=O)(=O)N2CCC(NC(=O)c3c(F)cccc3Cl)CC2)cc1. The number of amides is 1. The smallest absolute Gasteiger partial charge is 0.255 e. The lowest BCUT2D eigenvalue weighted by molar-refractivity contribution is 0.0920. The zero-order valence-corrected chi connectivity index (χ0v) is 17.5. The van der Waals surface area contributed by atoms with Crippen LogP contribution in [0.25, 0.3) is 0 Å². The van der Waals surface area contributed by atoms with Crippen LogP contribution in [0, 0.1) is 5.82 Å². The molecule has 0 radical (unpaired) electrons. The van der Waals surface area contributed by atoms with E-state index >= 15 is 0 Å². The summed E-state index contributed by atoms with van der Waals surface area (Å²) in [6.07, 6.45) is 0.849. The van der Waals surface area contributed by atoms with Gasteiger partial charge < -0.3 is 10.1 Å². The fourth-order valence-corrected chi connectivity index (χ4v) is 4.95. The van der Waals surface area contributed by atoms with Crippen molar-refractivity contribution in [2.45, 2.75) is 30.7 Å². The van der Waals surface area contributed by atoms with Gasteiger partial charge >= 0.3 is 0 Å². The van der Waals surface area contributed by atoms with Crippen molar-refractivity contribution in [3.05, 3.63) is 58.9 Å². The molecule has 1 saturated heterocycles. The van der Waals surface area contributed by atoms with Gasteiger partial charge in [-0.3, -0.25) is 4.79 Å². The molecule has 1 N–H and O–H groups in total. The van der Waals surface area contributed by atoms with Crippen LogP contribution in [0.3, 0.4) is 0 Å². The third-order valence-electron chi connectivity index (χ3n) is 4.75. The molecule has 0 bridgehead atoms. The maximum Gasteiger partial charge on any atom is 0.255 e. The van der Waals surface area contributed by atoms with Gasteiger partial charge in [0.2, 0.25) is 10.0 Å². The molecule has 0 aliphatic carbocycles. The summed E-state index contributed by atoms with van der Waals surface area (Å²) in [5.74, 6) is -0.675. The summed E-state index contributed by atoms with van der Waals surface area (Å²) < 4.78 is 46.3. The molecule has 1 fully saturated rings. The molecule has 3 rings (SSSR count). The Morgan fingerprint density at radius 2 is 1.86 bits per heavy atom. The molecule has 9 heteroatoms. The third kappa shape index (κ3) is 4.88. The van der Waals surface area contributed by atoms with Crippen LogP contribution in [0.1, 0.15) is 30.1 Å². The highest BCUT2D eigenvalue weighted by molar-refractivity contribution is 7.89. The maximum atomic E-state index is 13.9. The molecule has 0 atom stereocenters. The molecule has 2 aromatic rings. The summed E-state index contributed by atoms with van der Waals surface area (Å²) in [6.45, 7) is 2.87. The Labute approximate surface area is 174 Å². The molecule has 1 aliphatic heterocycles. The molecular formula is C20H22ClFN2O4S. The molecule has 29 heavy (non-hydrogen) atoms. The number of nitrogens with one attached hydrogen (secondary N) is 1. The largest absolute Gasteiger partial charge is 0.494 e. The number of sulfonamides is 1. The molecule has 6 nitrogen and oxygen atoms in total. The first-order chi connectivity index (χ1) is 13.8. The van der Waals surface area contributed by atoms with Crippen molar-refractivity contribution in [1.29, 1.82) is 0 Å². The lowest BCUT2D eigenvalue weighted by atomic mass is 10.1. The van der Waals surface area contributed by atoms with Crippen molar-refractivity contribution in [3.63, 3.8) is 0 Å². The highest BCUT2D eigenvalue weighted by Gasteiger charge is 2.30. The van der Waals surface area contributed by atoms with Gasteiger partial charge in [0.15, 0.2) is 0 Å². The number of carbonyl (C=O) groups is 1. The van der Waals surface area contributed by atoms with Gasteiger partial charge in [-0.15, -0.1) is 0 Å². The Bertz CT molecular complexity index is 954. The van der Waals surface area contributed by atoms with Gasteiger partial charge in [-0.1, -0.05) is 17.7 Å². The second-order valence-electron chi connectivity index (χ2n) is 6.65. The minimum absolute atomic E-state index is 0.0398. The van der Waals surface area contributed by atoms with Gasteiger partial charge in [0, 0.05) is 19.1 Å². The van der Waals surface area contributed by atoms with E-state index in [0.29, 0.717) is 25.2 Å². The van der Waals surface area contributed by atoms with Crippen molar-refractivity contribution in [3.8, 4) is 5.75 Å². The predicted octanol–water partition coefficient (Wildman–Crippen LogP) is 3.46. The van der Waals surface area contributed by atoms with Gasteiger partial charge in [-0.25, -0.2) is 12.8 Å². The Kier molecular flexibility index (Phi) is 6.77. The molecular weight excluding hydrogens is 419 g/mol. The van der Waals surface area contributed by atoms with E-state index < -0.39 is 21.7 Å². The lowest BCUT2D eigenvalue weighted by Crippen LogP contribution is -2.46. The summed E-state index contributed by atoms with van der Waals surface area (Å²) in [5, 5.41) is 2.79. The zero-order chi connectivity index (χ0) is 21.0. The van der Waals surface area contributed by atoms with E-state index in [1.807, 2.05) is 6.92 Å². The average Bonchev–Trinajstić information content (AvgIpc) is 2.69. The molecule has 0 unspecified atom stereocenters. The molecule has 2 aromatic carbocycles. The van der Waals surface area contributed by atoms with E-state index in [9.17, 15) is 17.6 Å². The Balaban J connectivity index is 1.61. The van der Waals surface area contributed by atoms with Crippen LogP contribution in [-0.2, 0) is 10.0 Å². The maximum absolute atomic E-state index is 13.9. The Morgan fingerprint density at radius 3 is 2.45 bits per heavy atom. The second kappa shape index (κ2) is 9.11. The van der Waals surface area contributed by atoms with Crippen LogP contribution in [0.5, 0.6) is 5.75 Å². The molecule has 0 spiro atoms. The van der Waals surface area contributed by atoms with Crippen molar-refractivity contribution in [1.82, 2.24) is 9.62 Å². The van der Waals surface area contributed by atoms with Crippen LogP contribution in [-0.4, -0.2) is 44.4 Å². The summed E-state index contributed by atoms with van der Waals surface area (Å²) in [5.41, 5.74) is -0.196. The lowest BCUT2D eigenvalue weighted by Gasteiger charge is -2.31. The number of hydrogen-bond acceptors (Lipinski definition) is 4. The number of halogens is 2. The van der Waals surface area contributed by atoms with Crippen molar-refractivity contribution in [2.24, 2.45) is 0 Å². The van der Waals surface area contributed by atoms with Gasteiger partial charge in [-0.05, 0) is 56.2 Å². The molecule has 156 valence electrons. The average molecular weight is 441 g/mol. The van der Waals surface area contributed by atoms with Crippen molar-refractivity contribution < 1.29 is 22.3 Å². The van der Waals surface area contributed by atoms with E-state index in [-0.39, 0.29) is 34.6 Å². The highest BCUT2D eigenvalue weighted by atomic mass is 35.5. The van der Waals surface area contributed by atoms with Crippen LogP contribution in [0.15, 0.2) is 47.4 Å². The summed E-state index contributed by atoms with van der Waals surface area (Å²) in [6, 6.07) is 10.1. The van der Waals surface area contributed by atoms with Gasteiger partial charge in [0.1, 0.15) is 11.6 Å². The van der Waals surface area contributed by atoms with Crippen molar-refractivity contribution >= 4 is 27.5 Å². The van der Waals surface area contributed by atoms with Crippen LogP contribution in [0.4, 0.5) is 4.39 Å². The summed E-state index contributed by atoms with van der Waals surface area (Å²) in [4.78, 5) is 12.6. The van der Waals surface area contributed by atoms with E-state index in [2.05, 4.69) is 5.32 Å². The highest BCUT2D eigenvalue weighted by Crippen LogP contribution is 2.24. The zero-order valence-electron chi connectivity index (χ0n) is 15.9. The molecule has 1 amide bonds. The summed E-state index contributed by atoms with van der Waals surface area (Å²) >= 11 is 5.93. The van der Waals surface area contributed by atoms with Crippen LogP contribution >= 0.6 is 11.6 Å². The second-order valence-corrected chi connectivity index (χ2v) is 9.00. The number of rotatable bonds is 6. The fraction of sp³-hybridized carbons (Fsp3) is 0.350. The first kappa shape index (κ1) is 21.5. The van der Waals surface area contributed by atoms with Crippen LogP contribution in [0.2, 0.25) is 5.02 Å². The number of benzene rings is 2. The van der Waals surface area contributed by atoms with E-state index in [0.717, 1.165) is 0 Å². The van der Waals surface area contributed by atoms with E-state index in [4.69, 9.17) is 16.3 Å². The first-order valence-corrected chi connectivity index (χ1v) is 11.1. The molecule has 0 saturated carbocycles. The van der Waals surface area contributed by atoms with E-state index in [1.165, 1.54) is 34.6 Å². The van der Waals surface area contributed by atoms with Gasteiger partial charge in [0.05, 0.1) is 22.1 Å². The fourth-order valence-electron chi connectivity index (χ4n) is 3.24. The predicted molar refractivity (Wildman–Crippen MR) is 108 cm³/mol. The topological polar surface area (TPSA) is 75.7 Å². The minimum atomic E-state index is -3.63. The van der Waals surface area contributed by atoms with Gasteiger partial charge in [-0.2, -0.15) is 4.31 Å². The number of carbonyl (C=O) groups excluding carboxylic acids is 1. The number of ether oxygens (including phenoxy) is 1. The molecule has 1 heterocycles. The number of hydrogen-bond donors (Lipinski definition) is 1. The molecule has 1 aliphatic rings. The Hall–Kier alpha value is -2.16. The van der Waals surface area contributed by atoms with E-state index in [1.54, 1.807) is 12.1 Å². The first-order valence-electron chi connectivity index (χ1n) is 9.31. The van der Waals surface area contributed by atoms with Gasteiger partial charge in [0.25, 0.3) is 5.91 Å². The quantitative estimate of drug-likeness (QED) is 0.746. The Morgan fingerprint density at radius 1 is 1.21 bits per heavy atom. The molecule has 0 aromatic heterocycles. The number of piperidine rings is 1. The number of nitrogens with zero attached hydrogens (tertiary/aromatic N) is 1. The monoisotopic (exact) mass is 440 g/mol. The minimum Gasteiger partial charge on any atom is -0.494 e. The third-order valence-corrected chi connectivity index (χ3v) is 6.98. The van der Waals surface area contributed by atoms with Crippen molar-refractivity contribution in [2.75, 3.05) is 19.7 Å². The summed E-state index contributed by atoms with van der Waals surface area (Å²) in [7, 11) is -3.63. The standard InChI is InChI=1S/C20H22ClFN2O4S/c1-2-28-15-6-8-16(9-7-15)29(26,27)24-12-10-14(11-13-24)23-20(25)19-17(21)4-3-5-18(19)22/h3-9,14H,2,10-13H2,1H3,(H,23,25). The normalized spacial score (nSPS) is 15.8.